The van der Waals surface area contributed by atoms with Crippen molar-refractivity contribution < 1.29 is 9.53 Å². The molecule has 0 aliphatic heterocycles. The van der Waals surface area contributed by atoms with Crippen LogP contribution in [-0.2, 0) is 16.0 Å². The summed E-state index contributed by atoms with van der Waals surface area (Å²) in [6.45, 7) is 3.43. The summed E-state index contributed by atoms with van der Waals surface area (Å²) < 4.78 is 5.33. The maximum absolute atomic E-state index is 12.3. The average Bonchev–Trinajstić information content (AvgIpc) is 2.74. The fraction of sp³-hybridized carbons (Fsp3) is 0.720. The van der Waals surface area contributed by atoms with E-state index in [9.17, 15) is 4.79 Å². The predicted molar refractivity (Wildman–Crippen MR) is 115 cm³/mol. The lowest BCUT2D eigenvalue weighted by Crippen LogP contribution is -2.48. The molecule has 1 aromatic carbocycles. The lowest BCUT2D eigenvalue weighted by molar-refractivity contribution is -0.144. The number of carbonyl (C=O) groups is 1. The second kappa shape index (κ2) is 11.6. The highest BCUT2D eigenvalue weighted by Crippen LogP contribution is 2.31. The summed E-state index contributed by atoms with van der Waals surface area (Å²) in [5.74, 6) is 0.306. The highest BCUT2D eigenvalue weighted by Gasteiger charge is 2.31. The molecular weight excluding hydrogens is 346 g/mol. The summed E-state index contributed by atoms with van der Waals surface area (Å²) >= 11 is 0. The minimum Gasteiger partial charge on any atom is -0.466 e. The van der Waals surface area contributed by atoms with E-state index in [0.717, 1.165) is 25.0 Å². The third-order valence-electron chi connectivity index (χ3n) is 6.68. The second-order valence-corrected chi connectivity index (χ2v) is 8.85. The minimum atomic E-state index is -0.0318. The van der Waals surface area contributed by atoms with Gasteiger partial charge in [0.2, 0.25) is 0 Å². The number of hydrogen-bond donors (Lipinski definition) is 0. The van der Waals surface area contributed by atoms with Crippen LogP contribution >= 0.6 is 0 Å². The molecule has 2 aliphatic carbocycles. The number of hydrogen-bond acceptors (Lipinski definition) is 3. The SMILES string of the molecule is CCOC(=O)CC(Cc1ccccc1)CN(C1CCCCC1)C1CCCCC1. The first-order chi connectivity index (χ1) is 13.8. The van der Waals surface area contributed by atoms with Crippen molar-refractivity contribution in [1.29, 1.82) is 0 Å². The Balaban J connectivity index is 1.73. The van der Waals surface area contributed by atoms with Gasteiger partial charge < -0.3 is 4.74 Å². The van der Waals surface area contributed by atoms with Gasteiger partial charge in [-0.2, -0.15) is 0 Å². The Bertz CT molecular complexity index is 543. The van der Waals surface area contributed by atoms with Gasteiger partial charge in [0.25, 0.3) is 0 Å². The van der Waals surface area contributed by atoms with Gasteiger partial charge in [-0.3, -0.25) is 9.69 Å². The molecule has 1 aromatic rings. The monoisotopic (exact) mass is 385 g/mol. The molecule has 156 valence electrons. The van der Waals surface area contributed by atoms with Crippen molar-refractivity contribution in [3.63, 3.8) is 0 Å². The van der Waals surface area contributed by atoms with Gasteiger partial charge in [0, 0.05) is 25.0 Å². The highest BCUT2D eigenvalue weighted by molar-refractivity contribution is 5.69. The average molecular weight is 386 g/mol. The molecule has 2 fully saturated rings. The van der Waals surface area contributed by atoms with Crippen LogP contribution in [0.2, 0.25) is 0 Å². The van der Waals surface area contributed by atoms with Crippen molar-refractivity contribution in [2.75, 3.05) is 13.2 Å². The molecule has 1 unspecified atom stereocenters. The first-order valence-corrected chi connectivity index (χ1v) is 11.7. The van der Waals surface area contributed by atoms with Crippen LogP contribution in [0.1, 0.15) is 83.1 Å². The summed E-state index contributed by atoms with van der Waals surface area (Å²) in [4.78, 5) is 15.2. The van der Waals surface area contributed by atoms with Crippen molar-refractivity contribution in [2.24, 2.45) is 5.92 Å². The second-order valence-electron chi connectivity index (χ2n) is 8.85. The number of rotatable bonds is 9. The third-order valence-corrected chi connectivity index (χ3v) is 6.68. The van der Waals surface area contributed by atoms with Gasteiger partial charge in [-0.1, -0.05) is 68.9 Å². The van der Waals surface area contributed by atoms with E-state index in [0.29, 0.717) is 18.9 Å². The van der Waals surface area contributed by atoms with Gasteiger partial charge in [0.15, 0.2) is 0 Å². The zero-order chi connectivity index (χ0) is 19.6. The van der Waals surface area contributed by atoms with E-state index in [1.165, 1.54) is 69.8 Å². The third kappa shape index (κ3) is 6.62. The summed E-state index contributed by atoms with van der Waals surface area (Å²) in [7, 11) is 0. The number of esters is 1. The van der Waals surface area contributed by atoms with Crippen molar-refractivity contribution >= 4 is 5.97 Å². The lowest BCUT2D eigenvalue weighted by Gasteiger charge is -2.43. The zero-order valence-corrected chi connectivity index (χ0v) is 17.8. The van der Waals surface area contributed by atoms with Crippen molar-refractivity contribution in [3.05, 3.63) is 35.9 Å². The first-order valence-electron chi connectivity index (χ1n) is 11.7. The van der Waals surface area contributed by atoms with E-state index < -0.39 is 0 Å². The first kappa shape index (κ1) is 21.4. The van der Waals surface area contributed by atoms with Crippen LogP contribution in [-0.4, -0.2) is 36.1 Å². The molecule has 0 radical (unpaired) electrons. The Hall–Kier alpha value is -1.35. The van der Waals surface area contributed by atoms with E-state index in [1.54, 1.807) is 0 Å². The molecule has 3 rings (SSSR count). The molecule has 2 saturated carbocycles. The van der Waals surface area contributed by atoms with Crippen LogP contribution in [0.25, 0.3) is 0 Å². The molecule has 3 heteroatoms. The molecule has 0 bridgehead atoms. The molecule has 0 aromatic heterocycles. The molecule has 0 heterocycles. The van der Waals surface area contributed by atoms with Crippen LogP contribution < -0.4 is 0 Å². The van der Waals surface area contributed by atoms with Gasteiger partial charge >= 0.3 is 5.97 Å². The van der Waals surface area contributed by atoms with Crippen molar-refractivity contribution in [1.82, 2.24) is 4.90 Å². The largest absolute Gasteiger partial charge is 0.466 e. The molecule has 0 N–H and O–H groups in total. The Labute approximate surface area is 171 Å². The summed E-state index contributed by atoms with van der Waals surface area (Å²) in [6.07, 6.45) is 15.1. The van der Waals surface area contributed by atoms with Gasteiger partial charge in [-0.05, 0) is 50.5 Å². The Morgan fingerprint density at radius 2 is 1.54 bits per heavy atom. The van der Waals surface area contributed by atoms with Crippen molar-refractivity contribution in [2.45, 2.75) is 96.1 Å². The van der Waals surface area contributed by atoms with E-state index in [1.807, 2.05) is 6.92 Å². The van der Waals surface area contributed by atoms with Gasteiger partial charge in [-0.25, -0.2) is 0 Å². The van der Waals surface area contributed by atoms with E-state index >= 15 is 0 Å². The summed E-state index contributed by atoms with van der Waals surface area (Å²) in [5, 5.41) is 0. The maximum Gasteiger partial charge on any atom is 0.306 e. The number of benzene rings is 1. The van der Waals surface area contributed by atoms with Crippen LogP contribution in [0, 0.1) is 5.92 Å². The van der Waals surface area contributed by atoms with Crippen LogP contribution in [0.5, 0.6) is 0 Å². The molecule has 2 aliphatic rings. The maximum atomic E-state index is 12.3. The Morgan fingerprint density at radius 1 is 0.964 bits per heavy atom. The Kier molecular flexibility index (Phi) is 8.85. The molecule has 1 atom stereocenters. The van der Waals surface area contributed by atoms with Gasteiger partial charge in [-0.15, -0.1) is 0 Å². The molecule has 0 spiro atoms. The lowest BCUT2D eigenvalue weighted by atomic mass is 9.86. The number of carbonyl (C=O) groups excluding carboxylic acids is 1. The molecule has 3 nitrogen and oxygen atoms in total. The molecule has 0 amide bonds. The molecule has 28 heavy (non-hydrogen) atoms. The van der Waals surface area contributed by atoms with E-state index in [-0.39, 0.29) is 5.97 Å². The van der Waals surface area contributed by atoms with E-state index in [2.05, 4.69) is 35.2 Å². The van der Waals surface area contributed by atoms with Crippen LogP contribution in [0.4, 0.5) is 0 Å². The minimum absolute atomic E-state index is 0.0318. The van der Waals surface area contributed by atoms with Gasteiger partial charge in [0.05, 0.1) is 6.61 Å². The van der Waals surface area contributed by atoms with Crippen molar-refractivity contribution in [3.8, 4) is 0 Å². The van der Waals surface area contributed by atoms with Crippen LogP contribution in [0.3, 0.4) is 0 Å². The van der Waals surface area contributed by atoms with E-state index in [4.69, 9.17) is 4.74 Å². The van der Waals surface area contributed by atoms with Crippen LogP contribution in [0.15, 0.2) is 30.3 Å². The normalized spacial score (nSPS) is 20.2. The molecule has 0 saturated heterocycles. The summed E-state index contributed by atoms with van der Waals surface area (Å²) in [6, 6.07) is 12.1. The zero-order valence-electron chi connectivity index (χ0n) is 17.8. The highest BCUT2D eigenvalue weighted by atomic mass is 16.5. The smallest absolute Gasteiger partial charge is 0.306 e. The fourth-order valence-electron chi connectivity index (χ4n) is 5.32. The fourth-order valence-corrected chi connectivity index (χ4v) is 5.32. The number of nitrogens with zero attached hydrogens (tertiary/aromatic N) is 1. The topological polar surface area (TPSA) is 29.5 Å². The predicted octanol–water partition coefficient (Wildman–Crippen LogP) is 5.77. The number of ether oxygens (including phenoxy) is 1. The quantitative estimate of drug-likeness (QED) is 0.506. The summed E-state index contributed by atoms with van der Waals surface area (Å²) in [5.41, 5.74) is 1.34. The van der Waals surface area contributed by atoms with Gasteiger partial charge in [0.1, 0.15) is 0 Å². The standard InChI is InChI=1S/C25H39NO2/c1-2-28-25(27)19-22(18-21-12-6-3-7-13-21)20-26(23-14-8-4-9-15-23)24-16-10-5-11-17-24/h3,6-7,12-13,22-24H,2,4-5,8-11,14-20H2,1H3. The molecular formula is C25H39NO2. The Morgan fingerprint density at radius 3 is 2.07 bits per heavy atom.